The van der Waals surface area contributed by atoms with Crippen molar-refractivity contribution in [3.05, 3.63) is 444 Å². The van der Waals surface area contributed by atoms with Gasteiger partial charge >= 0.3 is 0 Å². The Hall–Kier alpha value is -12.9. The van der Waals surface area contributed by atoms with Gasteiger partial charge in [-0.3, -0.25) is 0 Å². The summed E-state index contributed by atoms with van der Waals surface area (Å²) in [5.41, 5.74) is 38.0. The molecule has 1 saturated carbocycles. The zero-order valence-corrected chi connectivity index (χ0v) is 65.0. The lowest BCUT2D eigenvalue weighted by Crippen LogP contribution is -2.30. The average molecular weight is 1460 g/mol. The highest BCUT2D eigenvalue weighted by Gasteiger charge is 2.38. The molecule has 113 heavy (non-hydrogen) atoms. The quantitative estimate of drug-likeness (QED) is 0.0624. The first-order valence-corrected chi connectivity index (χ1v) is 40.8. The van der Waals surface area contributed by atoms with Crippen LogP contribution < -0.4 is 9.80 Å². The van der Waals surface area contributed by atoms with Crippen LogP contribution in [0.5, 0.6) is 0 Å². The predicted octanol–water partition coefficient (Wildman–Crippen LogP) is 30.5. The van der Waals surface area contributed by atoms with Gasteiger partial charge in [-0.15, -0.1) is 0 Å². The number of unbranched alkanes of at least 4 members (excludes halogenated alkanes) is 1. The van der Waals surface area contributed by atoms with Gasteiger partial charge in [0.05, 0.1) is 0 Å². The standard InChI is InChI=1S/C111H94N2/c1-4-5-77-111(101-57-35-85(36-58-101)81-15-9-6-10-16-81,103-61-39-96(40-62-103)98-30-28-95-27-29-97(95)78-98)102-59-37-88(38-60-102)94-51-73-109(74-52-94)113(106-67-45-91(46-68-106)84-25-21-80(3)22-26-84)108-71-49-93(50-72-108)87-33-55-100(56-34-87)110(75-13-8-14-76-110)99-53-31-86(32-54-99)92-47-69-107(70-48-92)112(104-63-41-89(42-64-104)82-17-11-7-12-18-82)105-65-43-90(44-66-105)83-23-19-79(2)20-24-83/h6-7,9-12,15-26,28,30-74,78H,4-5,8,13-14,27,29,75-77H2,1-3H3. The van der Waals surface area contributed by atoms with Crippen LogP contribution in [0.15, 0.2) is 394 Å². The van der Waals surface area contributed by atoms with Crippen molar-refractivity contribution in [2.45, 2.75) is 95.8 Å². The van der Waals surface area contributed by atoms with Gasteiger partial charge in [-0.05, 0) is 247 Å². The van der Waals surface area contributed by atoms with Crippen molar-refractivity contribution in [1.29, 1.82) is 0 Å². The summed E-state index contributed by atoms with van der Waals surface area (Å²) in [6.07, 6.45) is 11.5. The lowest BCUT2D eigenvalue weighted by molar-refractivity contribution is 0.346. The second-order valence-corrected chi connectivity index (χ2v) is 31.4. The maximum absolute atomic E-state index is 2.43. The fourth-order valence-electron chi connectivity index (χ4n) is 17.9. The van der Waals surface area contributed by atoms with E-state index in [9.17, 15) is 0 Å². The van der Waals surface area contributed by atoms with E-state index in [0.29, 0.717) is 0 Å². The molecule has 0 aromatic heterocycles. The van der Waals surface area contributed by atoms with Crippen LogP contribution in [0.3, 0.4) is 0 Å². The van der Waals surface area contributed by atoms with Crippen LogP contribution in [0, 0.1) is 13.8 Å². The zero-order valence-electron chi connectivity index (χ0n) is 65.0. The molecule has 0 aliphatic heterocycles. The van der Waals surface area contributed by atoms with Gasteiger partial charge in [0.15, 0.2) is 0 Å². The van der Waals surface area contributed by atoms with Crippen LogP contribution in [-0.2, 0) is 23.7 Å². The largest absolute Gasteiger partial charge is 0.311 e. The highest BCUT2D eigenvalue weighted by atomic mass is 15.1. The molecular weight excluding hydrogens is 1360 g/mol. The second kappa shape index (κ2) is 31.8. The van der Waals surface area contributed by atoms with Crippen molar-refractivity contribution in [2.24, 2.45) is 0 Å². The molecule has 16 aromatic rings. The van der Waals surface area contributed by atoms with Crippen molar-refractivity contribution >= 4 is 34.1 Å². The third-order valence-electron chi connectivity index (χ3n) is 24.6. The van der Waals surface area contributed by atoms with E-state index in [1.165, 1.54) is 171 Å². The van der Waals surface area contributed by atoms with Crippen molar-refractivity contribution < 1.29 is 0 Å². The van der Waals surface area contributed by atoms with E-state index in [0.717, 1.165) is 66.2 Å². The van der Waals surface area contributed by atoms with Crippen molar-refractivity contribution in [2.75, 3.05) is 9.80 Å². The maximum Gasteiger partial charge on any atom is 0.0462 e. The van der Waals surface area contributed by atoms with Gasteiger partial charge in [-0.1, -0.05) is 372 Å². The summed E-state index contributed by atoms with van der Waals surface area (Å²) < 4.78 is 0. The number of fused-ring (bicyclic) bond motifs is 1. The molecule has 18 rings (SSSR count). The Morgan fingerprint density at radius 3 is 0.770 bits per heavy atom. The Labute approximate surface area is 668 Å². The molecule has 2 aliphatic rings. The number of hydrogen-bond acceptors (Lipinski definition) is 2. The lowest BCUT2D eigenvalue weighted by atomic mass is 9.65. The fourth-order valence-corrected chi connectivity index (χ4v) is 17.9. The number of hydrogen-bond donors (Lipinski definition) is 0. The Morgan fingerprint density at radius 2 is 0.496 bits per heavy atom. The van der Waals surface area contributed by atoms with Crippen LogP contribution in [0.25, 0.3) is 89.0 Å². The van der Waals surface area contributed by atoms with E-state index in [1.54, 1.807) is 0 Å². The van der Waals surface area contributed by atoms with Gasteiger partial charge < -0.3 is 9.80 Å². The minimum absolute atomic E-state index is 0.0588. The molecule has 0 amide bonds. The number of nitrogens with zero attached hydrogens (tertiary/aromatic N) is 2. The van der Waals surface area contributed by atoms with E-state index in [1.807, 2.05) is 0 Å². The topological polar surface area (TPSA) is 6.48 Å². The van der Waals surface area contributed by atoms with E-state index >= 15 is 0 Å². The Bertz CT molecular complexity index is 5870. The highest BCUT2D eigenvalue weighted by molar-refractivity contribution is 5.84. The Balaban J connectivity index is 0.611. The Morgan fingerprint density at radius 1 is 0.248 bits per heavy atom. The van der Waals surface area contributed by atoms with Gasteiger partial charge in [0.25, 0.3) is 0 Å². The minimum atomic E-state index is -0.368. The third kappa shape index (κ3) is 14.7. The Kier molecular flexibility index (Phi) is 20.2. The van der Waals surface area contributed by atoms with Gasteiger partial charge in [-0.2, -0.15) is 0 Å². The van der Waals surface area contributed by atoms with E-state index in [4.69, 9.17) is 0 Å². The van der Waals surface area contributed by atoms with E-state index in [2.05, 4.69) is 425 Å². The molecule has 1 fully saturated rings. The van der Waals surface area contributed by atoms with Gasteiger partial charge in [0.1, 0.15) is 0 Å². The highest BCUT2D eigenvalue weighted by Crippen LogP contribution is 2.49. The molecule has 0 N–H and O–H groups in total. The van der Waals surface area contributed by atoms with E-state index < -0.39 is 0 Å². The first-order chi connectivity index (χ1) is 55.7. The van der Waals surface area contributed by atoms with Crippen molar-refractivity contribution in [3.8, 4) is 89.0 Å². The van der Waals surface area contributed by atoms with Crippen LogP contribution in [0.4, 0.5) is 34.1 Å². The average Bonchev–Trinajstić information content (AvgIpc) is 0.750. The molecule has 0 radical (unpaired) electrons. The summed E-state index contributed by atoms with van der Waals surface area (Å²) >= 11 is 0. The number of rotatable bonds is 22. The smallest absolute Gasteiger partial charge is 0.0462 e. The van der Waals surface area contributed by atoms with Gasteiger partial charge in [0, 0.05) is 45.0 Å². The molecule has 548 valence electrons. The van der Waals surface area contributed by atoms with Crippen molar-refractivity contribution in [1.82, 2.24) is 0 Å². The summed E-state index contributed by atoms with van der Waals surface area (Å²) in [5, 5.41) is 0. The molecule has 1 unspecified atom stereocenters. The van der Waals surface area contributed by atoms with Crippen LogP contribution >= 0.6 is 0 Å². The molecule has 2 nitrogen and oxygen atoms in total. The molecule has 0 spiro atoms. The lowest BCUT2D eigenvalue weighted by Gasteiger charge is -2.39. The third-order valence-corrected chi connectivity index (χ3v) is 24.6. The van der Waals surface area contributed by atoms with Gasteiger partial charge in [0.2, 0.25) is 0 Å². The molecule has 2 aliphatic carbocycles. The van der Waals surface area contributed by atoms with Crippen LogP contribution in [0.2, 0.25) is 0 Å². The van der Waals surface area contributed by atoms with Crippen LogP contribution in [-0.4, -0.2) is 0 Å². The summed E-state index contributed by atoms with van der Waals surface area (Å²) in [7, 11) is 0. The van der Waals surface area contributed by atoms with E-state index in [-0.39, 0.29) is 10.8 Å². The normalized spacial score (nSPS) is 13.4. The molecule has 0 heterocycles. The minimum Gasteiger partial charge on any atom is -0.311 e. The monoisotopic (exact) mass is 1450 g/mol. The number of aryl methyl sites for hydroxylation is 4. The molecule has 2 heteroatoms. The molecule has 0 bridgehead atoms. The molecule has 1 atom stereocenters. The fraction of sp³-hybridized carbons (Fsp3) is 0.135. The molecular formula is C111H94N2. The first kappa shape index (κ1) is 71.7. The predicted molar refractivity (Wildman–Crippen MR) is 479 cm³/mol. The SMILES string of the molecule is CCCCC(c1ccc(-c2ccccc2)cc1)(c1ccc(-c2ccc(N(c3ccc(-c4ccc(C)cc4)cc3)c3ccc(-c4ccc(C5(c6ccc(-c7ccc(N(c8ccc(-c9ccccc9)cc8)c8ccc(-c9ccc(C)cc9)cc8)cc7)cc6)CCCCC5)cc4)cc3)cc2)cc1)c1ccc(-c2ccc3c(c2)CC3)cc1. The van der Waals surface area contributed by atoms with Gasteiger partial charge in [-0.25, -0.2) is 0 Å². The van der Waals surface area contributed by atoms with Crippen molar-refractivity contribution in [3.63, 3.8) is 0 Å². The van der Waals surface area contributed by atoms with Crippen LogP contribution in [0.1, 0.15) is 108 Å². The number of anilines is 6. The summed E-state index contributed by atoms with van der Waals surface area (Å²) in [6, 6.07) is 148. The first-order valence-electron chi connectivity index (χ1n) is 40.8. The zero-order chi connectivity index (χ0) is 76.1. The maximum atomic E-state index is 2.43. The molecule has 0 saturated heterocycles. The molecule has 16 aromatic carbocycles. The summed E-state index contributed by atoms with van der Waals surface area (Å²) in [6.45, 7) is 6.61. The summed E-state index contributed by atoms with van der Waals surface area (Å²) in [4.78, 5) is 4.77. The summed E-state index contributed by atoms with van der Waals surface area (Å²) in [5.74, 6) is 0. The second-order valence-electron chi connectivity index (χ2n) is 31.4. The number of benzene rings is 16.